The molecule has 0 aliphatic heterocycles. The molecule has 2 N–H and O–H groups in total. The molecule has 10 aromatic rings. The number of carbonyl (C=O) groups is 2. The fraction of sp³-hybridized carbons (Fsp3) is 0.0851. The molecule has 0 fully saturated rings. The number of aromatic nitrogens is 15. The topological polar surface area (TPSA) is 219 Å². The lowest BCUT2D eigenvalue weighted by atomic mass is 10.1. The van der Waals surface area contributed by atoms with E-state index < -0.39 is 0 Å². The molecule has 10 rings (SSSR count). The number of tetrazole rings is 1. The third kappa shape index (κ3) is 9.65. The van der Waals surface area contributed by atoms with E-state index in [0.29, 0.717) is 62.1 Å². The Kier molecular flexibility index (Phi) is 11.5. The van der Waals surface area contributed by atoms with Gasteiger partial charge in [0.1, 0.15) is 17.1 Å². The zero-order valence-electron chi connectivity index (χ0n) is 35.6. The van der Waals surface area contributed by atoms with Gasteiger partial charge in [-0.3, -0.25) is 24.2 Å². The van der Waals surface area contributed by atoms with Crippen molar-refractivity contribution in [1.82, 2.24) is 74.4 Å². The van der Waals surface area contributed by atoms with E-state index in [0.717, 1.165) is 27.9 Å². The van der Waals surface area contributed by atoms with Crippen molar-refractivity contribution >= 4 is 34.5 Å². The molecule has 2 amide bonds. The van der Waals surface area contributed by atoms with Gasteiger partial charge in [-0.1, -0.05) is 17.1 Å². The van der Waals surface area contributed by atoms with Crippen LogP contribution < -0.4 is 10.6 Å². The Morgan fingerprint density at radius 1 is 0.591 bits per heavy atom. The summed E-state index contributed by atoms with van der Waals surface area (Å²) in [4.78, 5) is 44.0. The molecular weight excluding hydrogens is 835 g/mol. The molecule has 19 heteroatoms. The summed E-state index contributed by atoms with van der Waals surface area (Å²) in [6.45, 7) is 3.89. The van der Waals surface area contributed by atoms with Crippen LogP contribution in [0.4, 0.5) is 11.4 Å². The largest absolute Gasteiger partial charge is 0.322 e. The zero-order valence-corrected chi connectivity index (χ0v) is 35.6. The monoisotopic (exact) mass is 869 g/mol. The second-order valence-electron chi connectivity index (χ2n) is 14.8. The van der Waals surface area contributed by atoms with E-state index in [-0.39, 0.29) is 11.8 Å². The molecule has 0 atom stereocenters. The highest BCUT2D eigenvalue weighted by molar-refractivity contribution is 6.05. The standard InChI is InChI=1S/C24H18N8O.C23H17N9O/c1-16-8-18(22-15-31(2)30-29-22)11-20(9-16)28-24(33)19-10-17(12-25-13-19)5-6-21-14-26-23-4-3-7-27-32(21)23;1-15-8-17(22-28-30-31(2)29-22)11-19(9-15)27-23(33)18-10-16(12-24-13-18)5-6-20-14-25-21-4-3-7-26-32(20)21/h3-4,7-15H,1-2H3,(H,28,33);3-4,7-14H,1-2H3,(H,27,33). The number of amides is 2. The highest BCUT2D eigenvalue weighted by atomic mass is 16.2. The van der Waals surface area contributed by atoms with Crippen LogP contribution in [-0.2, 0) is 14.1 Å². The Bertz CT molecular complexity index is 3340. The number of hydrogen-bond acceptors (Lipinski definition) is 13. The summed E-state index contributed by atoms with van der Waals surface area (Å²) in [7, 11) is 3.51. The Balaban J connectivity index is 0.000000166. The van der Waals surface area contributed by atoms with Gasteiger partial charge in [-0.15, -0.1) is 15.3 Å². The summed E-state index contributed by atoms with van der Waals surface area (Å²) >= 11 is 0. The van der Waals surface area contributed by atoms with Crippen molar-refractivity contribution in [2.75, 3.05) is 10.6 Å². The maximum atomic E-state index is 12.9. The minimum atomic E-state index is -0.300. The molecule has 2 aromatic carbocycles. The van der Waals surface area contributed by atoms with Crippen molar-refractivity contribution in [3.05, 3.63) is 173 Å². The Morgan fingerprint density at radius 2 is 1.14 bits per heavy atom. The van der Waals surface area contributed by atoms with Crippen molar-refractivity contribution in [1.29, 1.82) is 0 Å². The van der Waals surface area contributed by atoms with Crippen molar-refractivity contribution in [2.24, 2.45) is 14.1 Å². The summed E-state index contributed by atoms with van der Waals surface area (Å²) in [5.74, 6) is 12.0. The number of aryl methyl sites for hydroxylation is 4. The second-order valence-corrected chi connectivity index (χ2v) is 14.8. The number of fused-ring (bicyclic) bond motifs is 2. The average Bonchev–Trinajstić information content (AvgIpc) is 4.15. The van der Waals surface area contributed by atoms with E-state index in [1.165, 1.54) is 17.2 Å². The van der Waals surface area contributed by atoms with Crippen molar-refractivity contribution in [2.45, 2.75) is 13.8 Å². The van der Waals surface area contributed by atoms with Crippen LogP contribution in [0.5, 0.6) is 0 Å². The van der Waals surface area contributed by atoms with Crippen molar-refractivity contribution < 1.29 is 9.59 Å². The fourth-order valence-electron chi connectivity index (χ4n) is 6.64. The minimum Gasteiger partial charge on any atom is -0.322 e. The number of carbonyl (C=O) groups excluding carboxylic acids is 2. The Hall–Kier alpha value is -9.75. The molecule has 0 spiro atoms. The van der Waals surface area contributed by atoms with Gasteiger partial charge in [-0.25, -0.2) is 19.0 Å². The molecule has 0 saturated carbocycles. The average molecular weight is 870 g/mol. The van der Waals surface area contributed by atoms with Crippen LogP contribution in [0, 0.1) is 37.5 Å². The lowest BCUT2D eigenvalue weighted by Crippen LogP contribution is -2.12. The summed E-state index contributed by atoms with van der Waals surface area (Å²) < 4.78 is 4.94. The minimum absolute atomic E-state index is 0.279. The summed E-state index contributed by atoms with van der Waals surface area (Å²) in [6, 6.07) is 22.1. The van der Waals surface area contributed by atoms with Gasteiger partial charge >= 0.3 is 0 Å². The first-order valence-electron chi connectivity index (χ1n) is 20.1. The molecule has 8 heterocycles. The molecule has 0 radical (unpaired) electrons. The SMILES string of the molecule is Cc1cc(NC(=O)c2cncc(C#Cc3cnc4cccnn34)c2)cc(-c2cn(C)nn2)c1.Cc1cc(NC(=O)c2cncc(C#Cc3cnc4cccnn34)c2)cc(-c2nnn(C)n2)c1. The molecule has 0 aliphatic rings. The number of pyridine rings is 2. The van der Waals surface area contributed by atoms with E-state index in [9.17, 15) is 9.59 Å². The predicted molar refractivity (Wildman–Crippen MR) is 242 cm³/mol. The van der Waals surface area contributed by atoms with Gasteiger partial charge in [0.15, 0.2) is 11.3 Å². The first kappa shape index (κ1) is 41.6. The van der Waals surface area contributed by atoms with Gasteiger partial charge in [-0.2, -0.15) is 15.0 Å². The van der Waals surface area contributed by atoms with Crippen LogP contribution in [-0.4, -0.2) is 86.2 Å². The molecule has 320 valence electrons. The van der Waals surface area contributed by atoms with Crippen LogP contribution in [0.25, 0.3) is 33.9 Å². The molecule has 0 bridgehead atoms. The van der Waals surface area contributed by atoms with Gasteiger partial charge in [0.25, 0.3) is 11.8 Å². The maximum Gasteiger partial charge on any atom is 0.257 e. The van der Waals surface area contributed by atoms with Crippen LogP contribution in [0.3, 0.4) is 0 Å². The molecule has 0 saturated heterocycles. The van der Waals surface area contributed by atoms with Gasteiger partial charge in [0.2, 0.25) is 5.82 Å². The summed E-state index contributed by atoms with van der Waals surface area (Å²) in [5, 5.41) is 34.5. The zero-order chi connectivity index (χ0) is 45.6. The number of nitrogens with zero attached hydrogens (tertiary/aromatic N) is 15. The van der Waals surface area contributed by atoms with E-state index in [1.807, 2.05) is 81.7 Å². The van der Waals surface area contributed by atoms with Crippen LogP contribution >= 0.6 is 0 Å². The van der Waals surface area contributed by atoms with E-state index in [2.05, 4.69) is 90.2 Å². The predicted octanol–water partition coefficient (Wildman–Crippen LogP) is 5.16. The number of hydrogen-bond donors (Lipinski definition) is 2. The normalized spacial score (nSPS) is 10.6. The van der Waals surface area contributed by atoms with Crippen molar-refractivity contribution in [3.8, 4) is 46.3 Å². The third-order valence-electron chi connectivity index (χ3n) is 9.56. The molecular formula is C47H35N17O2. The van der Waals surface area contributed by atoms with Crippen molar-refractivity contribution in [3.63, 3.8) is 0 Å². The molecule has 8 aromatic heterocycles. The Morgan fingerprint density at radius 3 is 1.65 bits per heavy atom. The molecule has 0 unspecified atom stereocenters. The third-order valence-corrected chi connectivity index (χ3v) is 9.56. The van der Waals surface area contributed by atoms with Crippen LogP contribution in [0.15, 0.2) is 129 Å². The number of anilines is 2. The fourth-order valence-corrected chi connectivity index (χ4v) is 6.64. The summed E-state index contributed by atoms with van der Waals surface area (Å²) in [5.41, 5.74) is 10.3. The highest BCUT2D eigenvalue weighted by Gasteiger charge is 2.13. The van der Waals surface area contributed by atoms with Crippen LogP contribution in [0.2, 0.25) is 0 Å². The van der Waals surface area contributed by atoms with Gasteiger partial charge in [0, 0.05) is 77.9 Å². The lowest BCUT2D eigenvalue weighted by molar-refractivity contribution is 0.101. The number of nitrogens with one attached hydrogen (secondary N) is 2. The lowest BCUT2D eigenvalue weighted by Gasteiger charge is -2.08. The van der Waals surface area contributed by atoms with E-state index in [4.69, 9.17) is 0 Å². The van der Waals surface area contributed by atoms with Crippen LogP contribution in [0.1, 0.15) is 54.4 Å². The van der Waals surface area contributed by atoms with E-state index >= 15 is 0 Å². The van der Waals surface area contributed by atoms with E-state index in [1.54, 1.807) is 76.1 Å². The molecule has 19 nitrogen and oxygen atoms in total. The molecule has 66 heavy (non-hydrogen) atoms. The maximum absolute atomic E-state index is 12.9. The Labute approximate surface area is 375 Å². The number of benzene rings is 2. The number of rotatable bonds is 6. The second kappa shape index (κ2) is 18.3. The van der Waals surface area contributed by atoms with Gasteiger partial charge in [0.05, 0.1) is 36.8 Å². The van der Waals surface area contributed by atoms with Gasteiger partial charge < -0.3 is 10.6 Å². The van der Waals surface area contributed by atoms with Gasteiger partial charge in [-0.05, 0) is 115 Å². The first-order valence-corrected chi connectivity index (χ1v) is 20.1. The first-order chi connectivity index (χ1) is 32.1. The smallest absolute Gasteiger partial charge is 0.257 e. The number of imidazole rings is 2. The summed E-state index contributed by atoms with van der Waals surface area (Å²) in [6.07, 6.45) is 14.7. The molecule has 0 aliphatic carbocycles. The highest BCUT2D eigenvalue weighted by Crippen LogP contribution is 2.24. The quantitative estimate of drug-likeness (QED) is 0.207.